The Hall–Kier alpha value is -0.346. The van der Waals surface area contributed by atoms with E-state index in [9.17, 15) is 0 Å². The average molecular weight is 194 g/mol. The molecule has 66 valence electrons. The summed E-state index contributed by atoms with van der Waals surface area (Å²) in [7, 11) is 0.114. The van der Waals surface area contributed by atoms with Gasteiger partial charge in [-0.1, -0.05) is 53.8 Å². The number of hydrogen-bond acceptors (Lipinski definition) is 0. The smallest absolute Gasteiger partial charge is 0.0715 e. The lowest BCUT2D eigenvalue weighted by atomic mass is 10.2. The van der Waals surface area contributed by atoms with Gasteiger partial charge >= 0.3 is 0 Å². The van der Waals surface area contributed by atoms with Gasteiger partial charge in [0.05, 0.1) is 8.07 Å². The molecule has 0 aliphatic heterocycles. The fourth-order valence-electron chi connectivity index (χ4n) is 1.54. The monoisotopic (exact) mass is 194 g/mol. The Morgan fingerprint density at radius 1 is 1.17 bits per heavy atom. The molecule has 0 atom stereocenters. The lowest BCUT2D eigenvalue weighted by Crippen LogP contribution is -2.47. The summed E-state index contributed by atoms with van der Waals surface area (Å²) in [5, 5.41) is 3.26. The van der Waals surface area contributed by atoms with Gasteiger partial charge in [0.1, 0.15) is 0 Å². The van der Waals surface area contributed by atoms with Crippen LogP contribution in [-0.4, -0.2) is 18.3 Å². The van der Waals surface area contributed by atoms with Gasteiger partial charge in [0.25, 0.3) is 0 Å². The second-order valence-electron chi connectivity index (χ2n) is 4.57. The summed E-state index contributed by atoms with van der Waals surface area (Å²) in [6, 6.07) is 6.91. The molecule has 0 unspecified atom stereocenters. The maximum absolute atomic E-state index is 2.42. The van der Waals surface area contributed by atoms with Crippen molar-refractivity contribution in [3.05, 3.63) is 23.8 Å². The fourth-order valence-corrected chi connectivity index (χ4v) is 6.03. The summed E-state index contributed by atoms with van der Waals surface area (Å²) < 4.78 is 0. The molecule has 12 heavy (non-hydrogen) atoms. The maximum Gasteiger partial charge on any atom is 0.0774 e. The molecule has 2 heteroatoms. The van der Waals surface area contributed by atoms with E-state index in [1.165, 1.54) is 15.8 Å². The predicted molar refractivity (Wildman–Crippen MR) is 63.7 cm³/mol. The largest absolute Gasteiger partial charge is 0.0774 e. The Kier molecular flexibility index (Phi) is 2.59. The van der Waals surface area contributed by atoms with Gasteiger partial charge < -0.3 is 0 Å². The van der Waals surface area contributed by atoms with E-state index < -0.39 is 8.07 Å². The van der Waals surface area contributed by atoms with Gasteiger partial charge in [-0.15, -0.1) is 0 Å². The highest BCUT2D eigenvalue weighted by Crippen LogP contribution is 2.02. The van der Waals surface area contributed by atoms with Crippen LogP contribution in [0.2, 0.25) is 19.6 Å². The number of aryl methyl sites for hydroxylation is 1. The first-order valence-corrected chi connectivity index (χ1v) is 8.99. The third-order valence-electron chi connectivity index (χ3n) is 2.20. The van der Waals surface area contributed by atoms with Crippen LogP contribution in [0.3, 0.4) is 0 Å². The zero-order valence-electron chi connectivity index (χ0n) is 8.73. The average Bonchev–Trinajstić information content (AvgIpc) is 1.92. The standard InChI is InChI=1S/C10H18Si2/c1-8-5-6-9(11)10(7-8)12(2,3)4/h5-7H,1-4,11H3. The Balaban J connectivity index is 3.23. The van der Waals surface area contributed by atoms with E-state index in [0.29, 0.717) is 0 Å². The van der Waals surface area contributed by atoms with Crippen molar-refractivity contribution in [1.29, 1.82) is 0 Å². The summed E-state index contributed by atoms with van der Waals surface area (Å²) in [4.78, 5) is 0. The summed E-state index contributed by atoms with van der Waals surface area (Å²) >= 11 is 0. The van der Waals surface area contributed by atoms with Crippen molar-refractivity contribution in [2.75, 3.05) is 0 Å². The minimum Gasteiger partial charge on any atom is -0.0715 e. The lowest BCUT2D eigenvalue weighted by Gasteiger charge is -2.20. The van der Waals surface area contributed by atoms with Gasteiger partial charge in [-0.2, -0.15) is 0 Å². The lowest BCUT2D eigenvalue weighted by molar-refractivity contribution is 1.50. The molecule has 0 nitrogen and oxygen atoms in total. The number of benzene rings is 1. The molecule has 1 aromatic carbocycles. The van der Waals surface area contributed by atoms with Crippen LogP contribution in [0.4, 0.5) is 0 Å². The fraction of sp³-hybridized carbons (Fsp3) is 0.400. The summed E-state index contributed by atoms with van der Waals surface area (Å²) in [6.45, 7) is 9.44. The minimum absolute atomic E-state index is 1.07. The van der Waals surface area contributed by atoms with E-state index in [-0.39, 0.29) is 0 Å². The second kappa shape index (κ2) is 3.19. The zero-order valence-corrected chi connectivity index (χ0v) is 11.7. The Bertz CT molecular complexity index is 284. The van der Waals surface area contributed by atoms with Gasteiger partial charge in [0.2, 0.25) is 0 Å². The minimum atomic E-state index is -1.07. The first kappa shape index (κ1) is 9.74. The van der Waals surface area contributed by atoms with Crippen LogP contribution in [0.5, 0.6) is 0 Å². The van der Waals surface area contributed by atoms with Gasteiger partial charge in [-0.05, 0) is 6.92 Å². The second-order valence-corrected chi connectivity index (χ2v) is 10.7. The van der Waals surface area contributed by atoms with E-state index in [2.05, 4.69) is 44.8 Å². The topological polar surface area (TPSA) is 0 Å². The van der Waals surface area contributed by atoms with Gasteiger partial charge in [0, 0.05) is 10.2 Å². The summed E-state index contributed by atoms with van der Waals surface area (Å²) in [5.41, 5.74) is 1.41. The Morgan fingerprint density at radius 2 is 1.75 bits per heavy atom. The SMILES string of the molecule is Cc1ccc([SiH3])c([Si](C)(C)C)c1. The molecule has 1 rings (SSSR count). The quantitative estimate of drug-likeness (QED) is 0.572. The van der Waals surface area contributed by atoms with Crippen molar-refractivity contribution in [3.63, 3.8) is 0 Å². The van der Waals surface area contributed by atoms with E-state index in [1.807, 2.05) is 0 Å². The highest BCUT2D eigenvalue weighted by Gasteiger charge is 2.17. The maximum atomic E-state index is 2.42. The molecular formula is C10H18Si2. The molecule has 0 aliphatic rings. The van der Waals surface area contributed by atoms with Crippen LogP contribution in [0.25, 0.3) is 0 Å². The molecule has 0 amide bonds. The van der Waals surface area contributed by atoms with Crippen LogP contribution in [-0.2, 0) is 0 Å². The zero-order chi connectivity index (χ0) is 9.35. The van der Waals surface area contributed by atoms with Crippen LogP contribution >= 0.6 is 0 Å². The predicted octanol–water partition coefficient (Wildman–Crippen LogP) is 0.531. The van der Waals surface area contributed by atoms with E-state index in [4.69, 9.17) is 0 Å². The van der Waals surface area contributed by atoms with Gasteiger partial charge in [-0.25, -0.2) is 0 Å². The molecule has 0 spiro atoms. The first-order chi connectivity index (χ1) is 5.41. The van der Waals surface area contributed by atoms with Gasteiger partial charge in [0.15, 0.2) is 0 Å². The Labute approximate surface area is 79.4 Å². The molecular weight excluding hydrogens is 176 g/mol. The number of hydrogen-bond donors (Lipinski definition) is 0. The van der Waals surface area contributed by atoms with Crippen LogP contribution in [0.15, 0.2) is 18.2 Å². The molecule has 0 saturated heterocycles. The molecule has 0 heterocycles. The van der Waals surface area contributed by atoms with Crippen LogP contribution < -0.4 is 10.4 Å². The molecule has 0 aromatic heterocycles. The van der Waals surface area contributed by atoms with Gasteiger partial charge in [-0.3, -0.25) is 0 Å². The summed E-state index contributed by atoms with van der Waals surface area (Å²) in [6.07, 6.45) is 0. The Morgan fingerprint density at radius 3 is 2.17 bits per heavy atom. The van der Waals surface area contributed by atoms with Crippen molar-refractivity contribution in [1.82, 2.24) is 0 Å². The van der Waals surface area contributed by atoms with Crippen molar-refractivity contribution < 1.29 is 0 Å². The molecule has 1 aromatic rings. The molecule has 0 radical (unpaired) electrons. The van der Waals surface area contributed by atoms with E-state index in [1.54, 1.807) is 10.4 Å². The van der Waals surface area contributed by atoms with E-state index in [0.717, 1.165) is 0 Å². The van der Waals surface area contributed by atoms with Crippen molar-refractivity contribution in [2.24, 2.45) is 0 Å². The van der Waals surface area contributed by atoms with Crippen molar-refractivity contribution in [2.45, 2.75) is 26.6 Å². The first-order valence-electron chi connectivity index (χ1n) is 4.49. The summed E-state index contributed by atoms with van der Waals surface area (Å²) in [5.74, 6) is 0. The molecule has 0 saturated carbocycles. The molecule has 0 bridgehead atoms. The van der Waals surface area contributed by atoms with E-state index >= 15 is 0 Å². The highest BCUT2D eigenvalue weighted by atomic mass is 28.3. The molecule has 0 aliphatic carbocycles. The molecule has 0 fully saturated rings. The van der Waals surface area contributed by atoms with Crippen LogP contribution in [0, 0.1) is 6.92 Å². The normalized spacial score (nSPS) is 12.0. The third-order valence-corrected chi connectivity index (χ3v) is 5.73. The van der Waals surface area contributed by atoms with Crippen molar-refractivity contribution >= 4 is 28.7 Å². The van der Waals surface area contributed by atoms with Crippen LogP contribution in [0.1, 0.15) is 5.56 Å². The third kappa shape index (κ3) is 2.08. The molecule has 0 N–H and O–H groups in total. The van der Waals surface area contributed by atoms with Crippen molar-refractivity contribution in [3.8, 4) is 0 Å². The number of rotatable bonds is 1. The highest BCUT2D eigenvalue weighted by molar-refractivity contribution is 6.91.